The molecule has 13 heteroatoms. The molecule has 3 fully saturated rings. The second-order valence-electron chi connectivity index (χ2n) is 11.7. The van der Waals surface area contributed by atoms with E-state index in [-0.39, 0.29) is 5.92 Å². The van der Waals surface area contributed by atoms with E-state index >= 15 is 8.78 Å². The van der Waals surface area contributed by atoms with E-state index in [4.69, 9.17) is 27.9 Å². The van der Waals surface area contributed by atoms with E-state index in [2.05, 4.69) is 0 Å². The van der Waals surface area contributed by atoms with Crippen molar-refractivity contribution in [3.05, 3.63) is 99.5 Å². The maximum absolute atomic E-state index is 15.3. The van der Waals surface area contributed by atoms with Crippen molar-refractivity contribution in [2.24, 2.45) is 5.92 Å². The topological polar surface area (TPSA) is 104 Å². The summed E-state index contributed by atoms with van der Waals surface area (Å²) in [5.41, 5.74) is 0.450. The molecule has 1 heterocycles. The molecule has 6 rings (SSSR count). The normalized spacial score (nSPS) is 22.7. The number of nitrogens with zero attached hydrogens (tertiary/aromatic N) is 2. The highest BCUT2D eigenvalue weighted by atomic mass is 35.5. The fourth-order valence-electron chi connectivity index (χ4n) is 6.07. The minimum atomic E-state index is -4.22. The minimum Gasteiger partial charge on any atom is -0.481 e. The molecule has 3 aromatic carbocycles. The maximum atomic E-state index is 15.3. The zero-order valence-electron chi connectivity index (χ0n) is 23.9. The van der Waals surface area contributed by atoms with Gasteiger partial charge in [-0.3, -0.25) is 13.9 Å². The lowest BCUT2D eigenvalue weighted by atomic mass is 9.89. The molecule has 1 aliphatic heterocycles. The summed E-state index contributed by atoms with van der Waals surface area (Å²) in [7, 11) is -4.22. The Morgan fingerprint density at radius 2 is 1.60 bits per heavy atom. The first kappa shape index (κ1) is 31.7. The number of sulfonamides is 1. The lowest BCUT2D eigenvalue weighted by molar-refractivity contribution is -0.183. The molecule has 0 spiro atoms. The van der Waals surface area contributed by atoms with Crippen LogP contribution in [0.3, 0.4) is 0 Å². The molecule has 3 aromatic rings. The van der Waals surface area contributed by atoms with Gasteiger partial charge in [-0.25, -0.2) is 17.2 Å². The number of hydrogen-bond donors (Lipinski definition) is 1. The minimum absolute atomic E-state index is 0.223. The number of anilines is 1. The monoisotopic (exact) mass is 678 g/mol. The number of hydrogen-bond acceptors (Lipinski definition) is 5. The van der Waals surface area contributed by atoms with Crippen LogP contribution in [0.4, 0.5) is 14.5 Å². The Bertz CT molecular complexity index is 1700. The predicted octanol–water partition coefficient (Wildman–Crippen LogP) is 6.53. The lowest BCUT2D eigenvalue weighted by Gasteiger charge is -2.49. The van der Waals surface area contributed by atoms with Crippen molar-refractivity contribution in [2.45, 2.75) is 61.6 Å². The number of benzene rings is 3. The van der Waals surface area contributed by atoms with Gasteiger partial charge in [0.15, 0.2) is 11.6 Å². The molecule has 4 atom stereocenters. The summed E-state index contributed by atoms with van der Waals surface area (Å²) in [6.07, 6.45) is -1.03. The van der Waals surface area contributed by atoms with Gasteiger partial charge in [-0.1, -0.05) is 53.5 Å². The summed E-state index contributed by atoms with van der Waals surface area (Å²) < 4.78 is 65.2. The fraction of sp³-hybridized carbons (Fsp3) is 0.375. The fourth-order valence-corrected chi connectivity index (χ4v) is 8.28. The van der Waals surface area contributed by atoms with Crippen LogP contribution in [0.5, 0.6) is 0 Å². The quantitative estimate of drug-likeness (QED) is 0.247. The highest BCUT2D eigenvalue weighted by Crippen LogP contribution is 2.49. The summed E-state index contributed by atoms with van der Waals surface area (Å²) in [5.74, 6) is -4.24. The van der Waals surface area contributed by atoms with Gasteiger partial charge in [0.2, 0.25) is 10.0 Å². The number of carboxylic acids is 1. The molecule has 2 saturated carbocycles. The van der Waals surface area contributed by atoms with E-state index in [1.807, 2.05) is 0 Å². The smallest absolute Gasteiger partial charge is 0.306 e. The van der Waals surface area contributed by atoms with E-state index in [0.717, 1.165) is 22.5 Å². The summed E-state index contributed by atoms with van der Waals surface area (Å²) in [4.78, 5) is 27.7. The molecule has 8 nitrogen and oxygen atoms in total. The molecule has 1 N–H and O–H groups in total. The van der Waals surface area contributed by atoms with Crippen molar-refractivity contribution in [3.8, 4) is 0 Å². The molecule has 0 aromatic heterocycles. The number of carboxylic acid groups (broad SMARTS) is 1. The second-order valence-corrected chi connectivity index (χ2v) is 14.7. The van der Waals surface area contributed by atoms with Crippen LogP contribution >= 0.6 is 23.2 Å². The summed E-state index contributed by atoms with van der Waals surface area (Å²) in [6.45, 7) is -0.431. The second kappa shape index (κ2) is 12.5. The molecular weight excluding hydrogens is 649 g/mol. The van der Waals surface area contributed by atoms with E-state index in [0.29, 0.717) is 46.9 Å². The zero-order valence-corrected chi connectivity index (χ0v) is 26.2. The van der Waals surface area contributed by atoms with Crippen molar-refractivity contribution in [3.63, 3.8) is 0 Å². The van der Waals surface area contributed by atoms with Crippen LogP contribution in [0.25, 0.3) is 0 Å². The van der Waals surface area contributed by atoms with Gasteiger partial charge in [-0.05, 0) is 79.1 Å². The van der Waals surface area contributed by atoms with Gasteiger partial charge in [0.25, 0.3) is 5.91 Å². The van der Waals surface area contributed by atoms with E-state index in [1.54, 1.807) is 48.5 Å². The van der Waals surface area contributed by atoms with Crippen LogP contribution in [-0.2, 0) is 24.3 Å². The number of rotatable bonds is 11. The summed E-state index contributed by atoms with van der Waals surface area (Å²) in [5, 5.41) is 9.74. The lowest BCUT2D eigenvalue weighted by Crippen LogP contribution is -2.59. The Morgan fingerprint density at radius 1 is 0.956 bits per heavy atom. The largest absolute Gasteiger partial charge is 0.481 e. The standard InChI is InChI=1S/C32H30Cl2F2N2O6S/c33-21-11-9-19(10-12-21)29-31(20-3-1-4-22(34)15-20)44-27(16-28(39)40)32(41)38(29)26(18-7-8-18)17-37(45(42,43)23-13-14-23)30-24(35)5-2-6-25(30)36/h1-6,9-12,15,18,23,26-27,29,31H,7-8,13-14,16-17H2,(H,39,40). The Labute approximate surface area is 269 Å². The molecule has 0 bridgehead atoms. The third-order valence-electron chi connectivity index (χ3n) is 8.49. The highest BCUT2D eigenvalue weighted by molar-refractivity contribution is 7.93. The van der Waals surface area contributed by atoms with Crippen LogP contribution in [-0.4, -0.2) is 54.2 Å². The number of carbonyl (C=O) groups is 2. The number of carbonyl (C=O) groups excluding carboxylic acids is 1. The van der Waals surface area contributed by atoms with E-state index in [9.17, 15) is 23.1 Å². The number of amides is 1. The average Bonchev–Trinajstić information content (AvgIpc) is 3.90. The third-order valence-corrected chi connectivity index (χ3v) is 11.2. The highest BCUT2D eigenvalue weighted by Gasteiger charge is 2.52. The first-order chi connectivity index (χ1) is 21.5. The molecule has 2 aliphatic carbocycles. The number of para-hydroxylation sites is 1. The SMILES string of the molecule is O=C(O)CC1OC(c2cccc(Cl)c2)C(c2ccc(Cl)cc2)N(C(CN(c2c(F)cccc2F)S(=O)(=O)C2CC2)C2CC2)C1=O. The van der Waals surface area contributed by atoms with Crippen molar-refractivity contribution in [1.29, 1.82) is 0 Å². The van der Waals surface area contributed by atoms with E-state index < -0.39 is 81.7 Å². The molecular formula is C32H30Cl2F2N2O6S. The third kappa shape index (κ3) is 6.54. The summed E-state index contributed by atoms with van der Waals surface area (Å²) >= 11 is 12.6. The molecule has 1 amide bonds. The van der Waals surface area contributed by atoms with Crippen molar-refractivity contribution in [2.75, 3.05) is 10.8 Å². The Hall–Kier alpha value is -3.25. The van der Waals surface area contributed by atoms with E-state index in [1.165, 1.54) is 4.90 Å². The predicted molar refractivity (Wildman–Crippen MR) is 165 cm³/mol. The van der Waals surface area contributed by atoms with Gasteiger partial charge < -0.3 is 14.7 Å². The molecule has 0 radical (unpaired) electrons. The van der Waals surface area contributed by atoms with Gasteiger partial charge in [-0.15, -0.1) is 0 Å². The zero-order chi connectivity index (χ0) is 32.0. The number of halogens is 4. The van der Waals surface area contributed by atoms with Gasteiger partial charge in [0.1, 0.15) is 17.9 Å². The number of morpholine rings is 1. The van der Waals surface area contributed by atoms with Gasteiger partial charge in [-0.2, -0.15) is 0 Å². The summed E-state index contributed by atoms with van der Waals surface area (Å²) in [6, 6.07) is 14.9. The van der Waals surface area contributed by atoms with Crippen LogP contribution < -0.4 is 4.31 Å². The molecule has 1 saturated heterocycles. The maximum Gasteiger partial charge on any atom is 0.306 e. The van der Waals surface area contributed by atoms with Crippen LogP contribution in [0, 0.1) is 17.6 Å². The Kier molecular flexibility index (Phi) is 8.82. The van der Waals surface area contributed by atoms with Gasteiger partial charge >= 0.3 is 5.97 Å². The molecule has 4 unspecified atom stereocenters. The molecule has 238 valence electrons. The van der Waals surface area contributed by atoms with Crippen molar-refractivity contribution < 1.29 is 36.6 Å². The van der Waals surface area contributed by atoms with Crippen molar-refractivity contribution >= 4 is 50.8 Å². The Morgan fingerprint density at radius 3 is 2.18 bits per heavy atom. The van der Waals surface area contributed by atoms with Crippen molar-refractivity contribution in [1.82, 2.24) is 4.90 Å². The van der Waals surface area contributed by atoms with Gasteiger partial charge in [0, 0.05) is 10.0 Å². The van der Waals surface area contributed by atoms with Gasteiger partial charge in [0.05, 0.1) is 30.3 Å². The average molecular weight is 680 g/mol. The van der Waals surface area contributed by atoms with Crippen LogP contribution in [0.15, 0.2) is 66.7 Å². The number of aliphatic carboxylic acids is 1. The molecule has 45 heavy (non-hydrogen) atoms. The Balaban J connectivity index is 1.52. The van der Waals surface area contributed by atoms with Crippen LogP contribution in [0.2, 0.25) is 10.0 Å². The first-order valence-electron chi connectivity index (χ1n) is 14.6. The number of ether oxygens (including phenoxy) is 1. The van der Waals surface area contributed by atoms with Crippen LogP contribution in [0.1, 0.15) is 55.4 Å². The first-order valence-corrected chi connectivity index (χ1v) is 16.9. The molecule has 3 aliphatic rings.